The van der Waals surface area contributed by atoms with Gasteiger partial charge in [-0.05, 0) is 36.8 Å². The predicted octanol–water partition coefficient (Wildman–Crippen LogP) is 6.37. The van der Waals surface area contributed by atoms with Gasteiger partial charge in [0, 0.05) is 24.3 Å². The van der Waals surface area contributed by atoms with Gasteiger partial charge in [0.25, 0.3) is 5.91 Å². The second kappa shape index (κ2) is 8.34. The number of para-hydroxylation sites is 1. The molecule has 0 aliphatic heterocycles. The Hall–Kier alpha value is -2.87. The molecule has 0 aliphatic carbocycles. The van der Waals surface area contributed by atoms with Crippen LogP contribution in [-0.2, 0) is 7.05 Å². The zero-order valence-electron chi connectivity index (χ0n) is 16.3. The lowest BCUT2D eigenvalue weighted by Gasteiger charge is -2.09. The fourth-order valence-corrected chi connectivity index (χ4v) is 3.62. The van der Waals surface area contributed by atoms with Gasteiger partial charge in [0.2, 0.25) is 5.95 Å². The molecule has 6 nitrogen and oxygen atoms in total. The lowest BCUT2D eigenvalue weighted by atomic mass is 10.1. The van der Waals surface area contributed by atoms with Crippen molar-refractivity contribution < 1.29 is 9.18 Å². The van der Waals surface area contributed by atoms with Crippen LogP contribution in [0.25, 0.3) is 11.0 Å². The van der Waals surface area contributed by atoms with Crippen molar-refractivity contribution in [3.8, 4) is 0 Å². The number of imidazole rings is 1. The van der Waals surface area contributed by atoms with Gasteiger partial charge in [0.15, 0.2) is 0 Å². The van der Waals surface area contributed by atoms with Gasteiger partial charge in [-0.2, -0.15) is 0 Å². The number of hydrogen-bond donors (Lipinski definition) is 2. The monoisotopic (exact) mass is 477 g/mol. The topological polar surface area (TPSA) is 71.8 Å². The average molecular weight is 479 g/mol. The number of pyridine rings is 1. The van der Waals surface area contributed by atoms with Crippen molar-refractivity contribution in [2.45, 2.75) is 6.92 Å². The first-order chi connectivity index (χ1) is 14.7. The van der Waals surface area contributed by atoms with E-state index < -0.39 is 11.7 Å². The molecule has 2 aromatic heterocycles. The molecule has 158 valence electrons. The molecule has 2 aromatic carbocycles. The molecule has 2 N–H and O–H groups in total. The van der Waals surface area contributed by atoms with E-state index in [0.29, 0.717) is 37.7 Å². The lowest BCUT2D eigenvalue weighted by Crippen LogP contribution is -2.15. The number of hydrogen-bond acceptors (Lipinski definition) is 4. The molecule has 0 bridgehead atoms. The normalized spacial score (nSPS) is 11.0. The molecule has 2 heterocycles. The summed E-state index contributed by atoms with van der Waals surface area (Å²) < 4.78 is 16.4. The molecule has 0 saturated heterocycles. The number of carbonyl (C=O) groups excluding carboxylic acids is 1. The Morgan fingerprint density at radius 1 is 1.10 bits per heavy atom. The molecule has 4 rings (SSSR count). The maximum absolute atomic E-state index is 14.7. The van der Waals surface area contributed by atoms with Gasteiger partial charge >= 0.3 is 0 Å². The summed E-state index contributed by atoms with van der Waals surface area (Å²) in [5, 5.41) is 6.87. The number of fused-ring (bicyclic) bond motifs is 1. The maximum atomic E-state index is 14.7. The van der Waals surface area contributed by atoms with Gasteiger partial charge in [0.05, 0.1) is 32.3 Å². The molecule has 10 heteroatoms. The number of aromatic nitrogens is 3. The summed E-state index contributed by atoms with van der Waals surface area (Å²) in [6.45, 7) is 1.79. The molecular weight excluding hydrogens is 464 g/mol. The minimum absolute atomic E-state index is 0.175. The van der Waals surface area contributed by atoms with Gasteiger partial charge in [0.1, 0.15) is 11.6 Å². The largest absolute Gasteiger partial charge is 0.323 e. The first kappa shape index (κ1) is 21.4. The highest BCUT2D eigenvalue weighted by Gasteiger charge is 2.18. The SMILES string of the molecule is Cc1cnc(NC(=O)c2cc3nc(Nc4c(Cl)cccc4Cl)n(C)c3cc2F)cc1Cl. The first-order valence-electron chi connectivity index (χ1n) is 9.05. The molecular formula is C21H15Cl3FN5O. The van der Waals surface area contributed by atoms with Crippen molar-refractivity contribution >= 4 is 69.2 Å². The van der Waals surface area contributed by atoms with E-state index in [1.165, 1.54) is 24.4 Å². The number of halogens is 4. The number of anilines is 3. The summed E-state index contributed by atoms with van der Waals surface area (Å²) in [5.41, 5.74) is 1.96. The zero-order chi connectivity index (χ0) is 22.3. The standard InChI is InChI=1S/C21H15Cl3FN5O/c1-10-9-26-18(7-14(10)24)28-20(31)11-6-16-17(8-15(11)25)30(2)21(27-16)29-19-12(22)4-3-5-13(19)23/h3-9H,1-2H3,(H,27,29)(H,26,28,31). The first-order valence-corrected chi connectivity index (χ1v) is 10.2. The number of aryl methyl sites for hydroxylation is 2. The molecule has 0 spiro atoms. The van der Waals surface area contributed by atoms with Gasteiger partial charge in [-0.1, -0.05) is 40.9 Å². The Balaban J connectivity index is 1.68. The van der Waals surface area contributed by atoms with Crippen LogP contribution in [0.5, 0.6) is 0 Å². The summed E-state index contributed by atoms with van der Waals surface area (Å²) in [5.74, 6) is -0.763. The molecule has 0 saturated carbocycles. The van der Waals surface area contributed by atoms with Gasteiger partial charge in [-0.3, -0.25) is 4.79 Å². The van der Waals surface area contributed by atoms with Gasteiger partial charge in [-0.15, -0.1) is 0 Å². The Labute approximate surface area is 192 Å². The average Bonchev–Trinajstić information content (AvgIpc) is 3.02. The van der Waals surface area contributed by atoms with Crippen molar-refractivity contribution in [3.05, 3.63) is 74.6 Å². The maximum Gasteiger partial charge on any atom is 0.259 e. The van der Waals surface area contributed by atoms with Crippen LogP contribution < -0.4 is 10.6 Å². The highest BCUT2D eigenvalue weighted by molar-refractivity contribution is 6.39. The number of nitrogens with zero attached hydrogens (tertiary/aromatic N) is 3. The van der Waals surface area contributed by atoms with E-state index in [-0.39, 0.29) is 11.4 Å². The van der Waals surface area contributed by atoms with E-state index in [1.54, 1.807) is 36.7 Å². The van der Waals surface area contributed by atoms with Crippen LogP contribution in [0.1, 0.15) is 15.9 Å². The summed E-state index contributed by atoms with van der Waals surface area (Å²) in [6, 6.07) is 9.21. The minimum Gasteiger partial charge on any atom is -0.323 e. The summed E-state index contributed by atoms with van der Waals surface area (Å²) in [7, 11) is 1.71. The minimum atomic E-state index is -0.700. The van der Waals surface area contributed by atoms with Crippen LogP contribution in [-0.4, -0.2) is 20.4 Å². The Bertz CT molecular complexity index is 1320. The van der Waals surface area contributed by atoms with Crippen molar-refractivity contribution in [1.82, 2.24) is 14.5 Å². The molecule has 0 atom stereocenters. The number of carbonyl (C=O) groups is 1. The van der Waals surface area contributed by atoms with Crippen molar-refractivity contribution in [3.63, 3.8) is 0 Å². The highest BCUT2D eigenvalue weighted by atomic mass is 35.5. The van der Waals surface area contributed by atoms with E-state index in [9.17, 15) is 9.18 Å². The Kier molecular flexibility index (Phi) is 5.75. The number of nitrogens with one attached hydrogen (secondary N) is 2. The molecule has 1 amide bonds. The number of amides is 1. The quantitative estimate of drug-likeness (QED) is 0.357. The third-order valence-electron chi connectivity index (χ3n) is 4.69. The molecule has 0 unspecified atom stereocenters. The van der Waals surface area contributed by atoms with E-state index in [1.807, 2.05) is 0 Å². The van der Waals surface area contributed by atoms with E-state index in [2.05, 4.69) is 20.6 Å². The zero-order valence-corrected chi connectivity index (χ0v) is 18.6. The predicted molar refractivity (Wildman–Crippen MR) is 122 cm³/mol. The van der Waals surface area contributed by atoms with Crippen molar-refractivity contribution in [1.29, 1.82) is 0 Å². The molecule has 0 aliphatic rings. The molecule has 4 aromatic rings. The molecule has 0 fully saturated rings. The highest BCUT2D eigenvalue weighted by Crippen LogP contribution is 2.33. The van der Waals surface area contributed by atoms with Crippen LogP contribution in [0.4, 0.5) is 21.8 Å². The van der Waals surface area contributed by atoms with Gasteiger partial charge < -0.3 is 15.2 Å². The Morgan fingerprint density at radius 2 is 1.81 bits per heavy atom. The van der Waals surface area contributed by atoms with E-state index >= 15 is 0 Å². The Morgan fingerprint density at radius 3 is 2.48 bits per heavy atom. The fourth-order valence-electron chi connectivity index (χ4n) is 2.98. The van der Waals surface area contributed by atoms with E-state index in [4.69, 9.17) is 34.8 Å². The summed E-state index contributed by atoms with van der Waals surface area (Å²) in [6.07, 6.45) is 1.52. The van der Waals surface area contributed by atoms with Gasteiger partial charge in [-0.25, -0.2) is 14.4 Å². The third kappa shape index (κ3) is 4.17. The van der Waals surface area contributed by atoms with Crippen LogP contribution in [0.15, 0.2) is 42.6 Å². The van der Waals surface area contributed by atoms with E-state index in [0.717, 1.165) is 5.56 Å². The third-order valence-corrected chi connectivity index (χ3v) is 5.73. The smallest absolute Gasteiger partial charge is 0.259 e. The summed E-state index contributed by atoms with van der Waals surface area (Å²) in [4.78, 5) is 21.2. The number of rotatable bonds is 4. The lowest BCUT2D eigenvalue weighted by molar-refractivity contribution is 0.102. The summed E-state index contributed by atoms with van der Waals surface area (Å²) >= 11 is 18.5. The fraction of sp³-hybridized carbons (Fsp3) is 0.0952. The van der Waals surface area contributed by atoms with Crippen LogP contribution in [0.2, 0.25) is 15.1 Å². The van der Waals surface area contributed by atoms with Crippen LogP contribution in [0.3, 0.4) is 0 Å². The molecule has 31 heavy (non-hydrogen) atoms. The molecule has 0 radical (unpaired) electrons. The second-order valence-electron chi connectivity index (χ2n) is 6.81. The van der Waals surface area contributed by atoms with Crippen LogP contribution in [0, 0.1) is 12.7 Å². The van der Waals surface area contributed by atoms with Crippen LogP contribution >= 0.6 is 34.8 Å². The van der Waals surface area contributed by atoms with Crippen molar-refractivity contribution in [2.75, 3.05) is 10.6 Å². The second-order valence-corrected chi connectivity index (χ2v) is 8.03. The van der Waals surface area contributed by atoms with Crippen molar-refractivity contribution in [2.24, 2.45) is 7.05 Å². The number of benzene rings is 2.